The Labute approximate surface area is 148 Å². The van der Waals surface area contributed by atoms with E-state index in [0.717, 1.165) is 5.56 Å². The zero-order chi connectivity index (χ0) is 17.9. The van der Waals surface area contributed by atoms with Crippen molar-refractivity contribution in [1.82, 2.24) is 10.2 Å². The zero-order valence-electron chi connectivity index (χ0n) is 13.9. The number of hydrogen-bond acceptors (Lipinski definition) is 7. The van der Waals surface area contributed by atoms with Crippen molar-refractivity contribution in [1.29, 1.82) is 0 Å². The molecule has 0 saturated heterocycles. The van der Waals surface area contributed by atoms with E-state index in [4.69, 9.17) is 18.6 Å². The van der Waals surface area contributed by atoms with Crippen LogP contribution in [0.2, 0.25) is 0 Å². The van der Waals surface area contributed by atoms with Gasteiger partial charge in [-0.05, 0) is 42.0 Å². The molecule has 1 aromatic heterocycles. The Bertz CT molecular complexity index is 936. The van der Waals surface area contributed by atoms with Gasteiger partial charge in [-0.1, -0.05) is 11.2 Å². The number of anilines is 1. The Kier molecular flexibility index (Phi) is 4.14. The van der Waals surface area contributed by atoms with Gasteiger partial charge >= 0.3 is 6.01 Å². The predicted octanol–water partition coefficient (Wildman–Crippen LogP) is 2.65. The minimum absolute atomic E-state index is 0.0431. The Morgan fingerprint density at radius 2 is 1.92 bits per heavy atom. The molecule has 0 aliphatic carbocycles. The minimum atomic E-state index is -0.342. The number of carbonyl (C=O) groups excluding carboxylic acids is 1. The molecule has 1 amide bonds. The molecule has 0 saturated carbocycles. The summed E-state index contributed by atoms with van der Waals surface area (Å²) in [5.41, 5.74) is 1.40. The highest BCUT2D eigenvalue weighted by molar-refractivity contribution is 6.03. The number of aromatic nitrogens is 2. The molecule has 0 unspecified atom stereocenters. The van der Waals surface area contributed by atoms with E-state index in [-0.39, 0.29) is 18.7 Å². The van der Waals surface area contributed by atoms with Gasteiger partial charge in [0.25, 0.3) is 5.91 Å². The van der Waals surface area contributed by atoms with Crippen LogP contribution in [0.15, 0.2) is 46.9 Å². The predicted molar refractivity (Wildman–Crippen MR) is 90.6 cm³/mol. The van der Waals surface area contributed by atoms with Crippen molar-refractivity contribution in [3.63, 3.8) is 0 Å². The number of nitrogens with one attached hydrogen (secondary N) is 1. The van der Waals surface area contributed by atoms with Crippen LogP contribution >= 0.6 is 0 Å². The lowest BCUT2D eigenvalue weighted by atomic mass is 10.1. The summed E-state index contributed by atoms with van der Waals surface area (Å²) in [4.78, 5) is 12.2. The first-order chi connectivity index (χ1) is 12.7. The van der Waals surface area contributed by atoms with E-state index in [1.54, 1.807) is 31.4 Å². The van der Waals surface area contributed by atoms with Crippen molar-refractivity contribution < 1.29 is 23.4 Å². The second-order valence-electron chi connectivity index (χ2n) is 5.55. The SMILES string of the molecule is COc1ccc(C(=O)Nc2nnc(Cc3ccc4c(c3)OCO4)o2)cc1. The van der Waals surface area contributed by atoms with E-state index < -0.39 is 0 Å². The van der Waals surface area contributed by atoms with Crippen molar-refractivity contribution in [2.24, 2.45) is 0 Å². The normalized spacial score (nSPS) is 12.0. The van der Waals surface area contributed by atoms with E-state index in [2.05, 4.69) is 15.5 Å². The summed E-state index contributed by atoms with van der Waals surface area (Å²) in [5.74, 6) is 2.12. The molecule has 2 heterocycles. The molecule has 0 atom stereocenters. The first-order valence-corrected chi connectivity index (χ1v) is 7.87. The number of carbonyl (C=O) groups is 1. The van der Waals surface area contributed by atoms with Gasteiger partial charge in [0.1, 0.15) is 5.75 Å². The van der Waals surface area contributed by atoms with Crippen molar-refractivity contribution in [3.05, 3.63) is 59.5 Å². The fourth-order valence-electron chi connectivity index (χ4n) is 2.51. The number of fused-ring (bicyclic) bond motifs is 1. The summed E-state index contributed by atoms with van der Waals surface area (Å²) in [6.07, 6.45) is 0.419. The molecule has 26 heavy (non-hydrogen) atoms. The van der Waals surface area contributed by atoms with Gasteiger partial charge in [-0.25, -0.2) is 0 Å². The lowest BCUT2D eigenvalue weighted by Crippen LogP contribution is -2.11. The summed E-state index contributed by atoms with van der Waals surface area (Å²) in [6, 6.07) is 12.3. The Morgan fingerprint density at radius 1 is 1.12 bits per heavy atom. The van der Waals surface area contributed by atoms with E-state index in [1.165, 1.54) is 0 Å². The number of hydrogen-bond donors (Lipinski definition) is 1. The fourth-order valence-corrected chi connectivity index (χ4v) is 2.51. The standard InChI is InChI=1S/C18H15N3O5/c1-23-13-5-3-12(4-6-13)17(22)19-18-21-20-16(26-18)9-11-2-7-14-15(8-11)25-10-24-14/h2-8H,9-10H2,1H3,(H,19,21,22). The van der Waals surface area contributed by atoms with E-state index in [0.29, 0.717) is 35.1 Å². The Balaban J connectivity index is 1.41. The van der Waals surface area contributed by atoms with Crippen LogP contribution in [0.3, 0.4) is 0 Å². The first-order valence-electron chi connectivity index (χ1n) is 7.87. The second kappa shape index (κ2) is 6.75. The van der Waals surface area contributed by atoms with Gasteiger partial charge in [-0.15, -0.1) is 5.10 Å². The van der Waals surface area contributed by atoms with Crippen LogP contribution in [0, 0.1) is 0 Å². The van der Waals surface area contributed by atoms with Crippen LogP contribution < -0.4 is 19.5 Å². The molecule has 0 bridgehead atoms. The van der Waals surface area contributed by atoms with E-state index in [1.807, 2.05) is 18.2 Å². The van der Waals surface area contributed by atoms with Crippen LogP contribution in [0.1, 0.15) is 21.8 Å². The van der Waals surface area contributed by atoms with Gasteiger partial charge in [-0.3, -0.25) is 10.1 Å². The molecule has 0 fully saturated rings. The Hall–Kier alpha value is -3.55. The van der Waals surface area contributed by atoms with Crippen LogP contribution in [0.4, 0.5) is 6.01 Å². The summed E-state index contributed by atoms with van der Waals surface area (Å²) in [5, 5.41) is 10.4. The molecule has 2 aromatic carbocycles. The highest BCUT2D eigenvalue weighted by Crippen LogP contribution is 2.33. The van der Waals surface area contributed by atoms with Gasteiger partial charge in [0.15, 0.2) is 11.5 Å². The third kappa shape index (κ3) is 3.30. The smallest absolute Gasteiger partial charge is 0.322 e. The first kappa shape index (κ1) is 15.9. The summed E-state index contributed by atoms with van der Waals surface area (Å²) >= 11 is 0. The van der Waals surface area contributed by atoms with Gasteiger partial charge in [0.2, 0.25) is 12.7 Å². The third-order valence-electron chi connectivity index (χ3n) is 3.83. The summed E-state index contributed by atoms with van der Waals surface area (Å²) in [7, 11) is 1.56. The second-order valence-corrected chi connectivity index (χ2v) is 5.55. The molecule has 8 heteroatoms. The average Bonchev–Trinajstić information content (AvgIpc) is 3.30. The molecule has 0 radical (unpaired) electrons. The molecule has 3 aromatic rings. The van der Waals surface area contributed by atoms with E-state index in [9.17, 15) is 4.79 Å². The molecular formula is C18H15N3O5. The molecule has 0 spiro atoms. The minimum Gasteiger partial charge on any atom is -0.497 e. The van der Waals surface area contributed by atoms with Crippen molar-refractivity contribution in [2.75, 3.05) is 19.2 Å². The summed E-state index contributed by atoms with van der Waals surface area (Å²) < 4.78 is 21.2. The number of nitrogens with zero attached hydrogens (tertiary/aromatic N) is 2. The molecule has 4 rings (SSSR count). The number of amides is 1. The maximum atomic E-state index is 12.2. The van der Waals surface area contributed by atoms with Crippen LogP contribution in [-0.4, -0.2) is 30.0 Å². The molecule has 1 aliphatic heterocycles. The monoisotopic (exact) mass is 353 g/mol. The molecule has 8 nitrogen and oxygen atoms in total. The number of methoxy groups -OCH3 is 1. The lowest BCUT2D eigenvalue weighted by molar-refractivity contribution is 0.102. The van der Waals surface area contributed by atoms with Crippen molar-refractivity contribution in [3.8, 4) is 17.2 Å². The van der Waals surface area contributed by atoms with Gasteiger partial charge in [0.05, 0.1) is 13.5 Å². The molecule has 1 N–H and O–H groups in total. The van der Waals surface area contributed by atoms with Crippen LogP contribution in [0.5, 0.6) is 17.2 Å². The topological polar surface area (TPSA) is 95.7 Å². The van der Waals surface area contributed by atoms with Gasteiger partial charge in [-0.2, -0.15) is 0 Å². The van der Waals surface area contributed by atoms with Gasteiger partial charge in [0, 0.05) is 5.56 Å². The van der Waals surface area contributed by atoms with Gasteiger partial charge < -0.3 is 18.6 Å². The van der Waals surface area contributed by atoms with Crippen LogP contribution in [-0.2, 0) is 6.42 Å². The van der Waals surface area contributed by atoms with Crippen molar-refractivity contribution >= 4 is 11.9 Å². The van der Waals surface area contributed by atoms with Crippen molar-refractivity contribution in [2.45, 2.75) is 6.42 Å². The highest BCUT2D eigenvalue weighted by Gasteiger charge is 2.16. The fraction of sp³-hybridized carbons (Fsp3) is 0.167. The highest BCUT2D eigenvalue weighted by atomic mass is 16.7. The largest absolute Gasteiger partial charge is 0.497 e. The molecular weight excluding hydrogens is 338 g/mol. The maximum Gasteiger partial charge on any atom is 0.322 e. The number of rotatable bonds is 5. The number of ether oxygens (including phenoxy) is 3. The lowest BCUT2D eigenvalue weighted by Gasteiger charge is -2.02. The van der Waals surface area contributed by atoms with E-state index >= 15 is 0 Å². The third-order valence-corrected chi connectivity index (χ3v) is 3.83. The zero-order valence-corrected chi connectivity index (χ0v) is 13.9. The maximum absolute atomic E-state index is 12.2. The Morgan fingerprint density at radius 3 is 2.73 bits per heavy atom. The number of benzene rings is 2. The molecule has 1 aliphatic rings. The average molecular weight is 353 g/mol. The quantitative estimate of drug-likeness (QED) is 0.753. The van der Waals surface area contributed by atoms with Crippen LogP contribution in [0.25, 0.3) is 0 Å². The molecule has 132 valence electrons. The summed E-state index contributed by atoms with van der Waals surface area (Å²) in [6.45, 7) is 0.223.